The summed E-state index contributed by atoms with van der Waals surface area (Å²) in [5.41, 5.74) is 0. The molecule has 24 heavy (non-hydrogen) atoms. The molecule has 4 nitrogen and oxygen atoms in total. The van der Waals surface area contributed by atoms with E-state index in [9.17, 15) is 18.0 Å². The lowest BCUT2D eigenvalue weighted by Gasteiger charge is -2.32. The van der Waals surface area contributed by atoms with Gasteiger partial charge >= 0.3 is 6.18 Å². The number of hydrogen-bond donors (Lipinski definition) is 2. The first kappa shape index (κ1) is 23.8. The van der Waals surface area contributed by atoms with Crippen molar-refractivity contribution in [3.05, 3.63) is 0 Å². The predicted molar refractivity (Wildman–Crippen MR) is 92.9 cm³/mol. The fourth-order valence-corrected chi connectivity index (χ4v) is 3.31. The number of nitrogens with zero attached hydrogens (tertiary/aromatic N) is 1. The molecule has 1 unspecified atom stereocenters. The summed E-state index contributed by atoms with van der Waals surface area (Å²) < 4.78 is 36.9. The minimum absolute atomic E-state index is 0. The highest BCUT2D eigenvalue weighted by molar-refractivity contribution is 5.85. The molecule has 2 rings (SSSR count). The summed E-state index contributed by atoms with van der Waals surface area (Å²) in [5.74, 6) is 0.610. The van der Waals surface area contributed by atoms with Crippen LogP contribution in [0.2, 0.25) is 0 Å². The molecule has 0 spiro atoms. The molecule has 0 radical (unpaired) electrons. The van der Waals surface area contributed by atoms with E-state index >= 15 is 0 Å². The van der Waals surface area contributed by atoms with Crippen LogP contribution in [0.15, 0.2) is 0 Å². The number of hydrogen-bond acceptors (Lipinski definition) is 3. The minimum Gasteiger partial charge on any atom is -0.356 e. The van der Waals surface area contributed by atoms with Gasteiger partial charge < -0.3 is 10.6 Å². The molecule has 1 atom stereocenters. The first-order valence-electron chi connectivity index (χ1n) is 8.21. The lowest BCUT2D eigenvalue weighted by molar-refractivity contribution is -0.148. The van der Waals surface area contributed by atoms with Crippen LogP contribution in [-0.2, 0) is 4.79 Å². The van der Waals surface area contributed by atoms with Gasteiger partial charge in [-0.3, -0.25) is 9.69 Å². The highest BCUT2D eigenvalue weighted by atomic mass is 35.5. The lowest BCUT2D eigenvalue weighted by Crippen LogP contribution is -2.42. The summed E-state index contributed by atoms with van der Waals surface area (Å²) in [5, 5.41) is 6.20. The van der Waals surface area contributed by atoms with Gasteiger partial charge in [0.1, 0.15) is 0 Å². The first-order chi connectivity index (χ1) is 10.4. The van der Waals surface area contributed by atoms with Gasteiger partial charge in [0.2, 0.25) is 5.91 Å². The number of carbonyl (C=O) groups excluding carboxylic acids is 1. The number of halogens is 5. The normalized spacial score (nSPS) is 23.0. The van der Waals surface area contributed by atoms with Gasteiger partial charge in [-0.2, -0.15) is 13.2 Å². The fourth-order valence-electron chi connectivity index (χ4n) is 3.31. The number of carbonyl (C=O) groups is 1. The molecule has 0 aromatic heterocycles. The second kappa shape index (κ2) is 11.4. The monoisotopic (exact) mass is 393 g/mol. The average Bonchev–Trinajstić information content (AvgIpc) is 2.48. The van der Waals surface area contributed by atoms with Crippen molar-refractivity contribution in [2.24, 2.45) is 11.8 Å². The third-order valence-electron chi connectivity index (χ3n) is 4.63. The number of amides is 1. The van der Waals surface area contributed by atoms with E-state index in [0.29, 0.717) is 25.6 Å². The molecular weight excluding hydrogens is 366 g/mol. The first-order valence-corrected chi connectivity index (χ1v) is 8.21. The Kier molecular flexibility index (Phi) is 11.3. The number of piperidine rings is 2. The van der Waals surface area contributed by atoms with E-state index in [0.717, 1.165) is 45.2 Å². The lowest BCUT2D eigenvalue weighted by atomic mass is 9.93. The highest BCUT2D eigenvalue weighted by Gasteiger charge is 2.32. The van der Waals surface area contributed by atoms with Crippen LogP contribution in [0, 0.1) is 11.8 Å². The molecule has 2 saturated heterocycles. The average molecular weight is 394 g/mol. The Bertz CT molecular complexity index is 358. The molecule has 2 aliphatic rings. The van der Waals surface area contributed by atoms with Gasteiger partial charge in [0, 0.05) is 13.1 Å². The number of rotatable bonds is 5. The van der Waals surface area contributed by atoms with Crippen LogP contribution in [0.5, 0.6) is 0 Å². The van der Waals surface area contributed by atoms with Crippen LogP contribution in [0.4, 0.5) is 13.2 Å². The smallest absolute Gasteiger partial charge is 0.356 e. The van der Waals surface area contributed by atoms with Gasteiger partial charge in [-0.1, -0.05) is 0 Å². The SMILES string of the molecule is Cl.Cl.O=C(NCCC1CCN(CC(F)(F)F)CC1)C1CCCNC1. The van der Waals surface area contributed by atoms with E-state index in [1.807, 2.05) is 0 Å². The topological polar surface area (TPSA) is 44.4 Å². The van der Waals surface area contributed by atoms with Crippen molar-refractivity contribution >= 4 is 30.7 Å². The van der Waals surface area contributed by atoms with Crippen molar-refractivity contribution in [3.8, 4) is 0 Å². The van der Waals surface area contributed by atoms with E-state index < -0.39 is 12.7 Å². The number of likely N-dealkylation sites (tertiary alicyclic amines) is 1. The van der Waals surface area contributed by atoms with Crippen molar-refractivity contribution in [1.82, 2.24) is 15.5 Å². The van der Waals surface area contributed by atoms with E-state index in [2.05, 4.69) is 10.6 Å². The zero-order valence-corrected chi connectivity index (χ0v) is 15.4. The van der Waals surface area contributed by atoms with Gasteiger partial charge in [-0.25, -0.2) is 0 Å². The van der Waals surface area contributed by atoms with Gasteiger partial charge in [0.25, 0.3) is 0 Å². The summed E-state index contributed by atoms with van der Waals surface area (Å²) in [6.07, 6.45) is 0.318. The molecule has 1 amide bonds. The molecule has 2 heterocycles. The summed E-state index contributed by atoms with van der Waals surface area (Å²) in [6.45, 7) is 2.59. The molecule has 0 saturated carbocycles. The maximum Gasteiger partial charge on any atom is 0.401 e. The maximum atomic E-state index is 12.3. The molecule has 2 fully saturated rings. The molecule has 0 bridgehead atoms. The third kappa shape index (κ3) is 8.74. The van der Waals surface area contributed by atoms with Crippen LogP contribution in [0.3, 0.4) is 0 Å². The van der Waals surface area contributed by atoms with Crippen LogP contribution in [0.25, 0.3) is 0 Å². The Hall–Kier alpha value is -0.240. The Labute approximate surface area is 154 Å². The maximum absolute atomic E-state index is 12.3. The fraction of sp³-hybridized carbons (Fsp3) is 0.933. The van der Waals surface area contributed by atoms with Gasteiger partial charge in [-0.15, -0.1) is 24.8 Å². The minimum atomic E-state index is -4.10. The third-order valence-corrected chi connectivity index (χ3v) is 4.63. The molecule has 2 N–H and O–H groups in total. The summed E-state index contributed by atoms with van der Waals surface area (Å²) in [4.78, 5) is 13.4. The van der Waals surface area contributed by atoms with Crippen LogP contribution in [-0.4, -0.2) is 56.3 Å². The van der Waals surface area contributed by atoms with Crippen molar-refractivity contribution < 1.29 is 18.0 Å². The molecule has 0 aromatic rings. The Morgan fingerprint density at radius 1 is 1.17 bits per heavy atom. The molecule has 2 aliphatic heterocycles. The van der Waals surface area contributed by atoms with Crippen LogP contribution in [0.1, 0.15) is 32.1 Å². The summed E-state index contributed by atoms with van der Waals surface area (Å²) >= 11 is 0. The Morgan fingerprint density at radius 3 is 2.38 bits per heavy atom. The van der Waals surface area contributed by atoms with Gasteiger partial charge in [-0.05, 0) is 57.7 Å². The van der Waals surface area contributed by atoms with E-state index in [4.69, 9.17) is 0 Å². The largest absolute Gasteiger partial charge is 0.401 e. The van der Waals surface area contributed by atoms with Gasteiger partial charge in [0.15, 0.2) is 0 Å². The number of alkyl halides is 3. The Morgan fingerprint density at radius 2 is 1.83 bits per heavy atom. The second-order valence-corrected chi connectivity index (χ2v) is 6.46. The van der Waals surface area contributed by atoms with Crippen molar-refractivity contribution in [3.63, 3.8) is 0 Å². The molecule has 9 heteroatoms. The van der Waals surface area contributed by atoms with E-state index in [1.165, 1.54) is 4.90 Å². The van der Waals surface area contributed by atoms with Gasteiger partial charge in [0.05, 0.1) is 12.5 Å². The summed E-state index contributed by atoms with van der Waals surface area (Å²) in [6, 6.07) is 0. The molecule has 0 aromatic carbocycles. The number of nitrogens with one attached hydrogen (secondary N) is 2. The Balaban J connectivity index is 0.00000264. The molecule has 0 aliphatic carbocycles. The van der Waals surface area contributed by atoms with E-state index in [-0.39, 0.29) is 36.6 Å². The quantitative estimate of drug-likeness (QED) is 0.754. The zero-order chi connectivity index (χ0) is 16.0. The standard InChI is InChI=1S/C15H26F3N3O.2ClH/c16-15(17,18)11-21-8-4-12(5-9-21)3-7-20-14(22)13-2-1-6-19-10-13;;/h12-13,19H,1-11H2,(H,20,22);2*1H. The zero-order valence-electron chi connectivity index (χ0n) is 13.7. The van der Waals surface area contributed by atoms with Crippen molar-refractivity contribution in [2.45, 2.75) is 38.3 Å². The van der Waals surface area contributed by atoms with Crippen molar-refractivity contribution in [1.29, 1.82) is 0 Å². The second-order valence-electron chi connectivity index (χ2n) is 6.46. The highest BCUT2D eigenvalue weighted by Crippen LogP contribution is 2.24. The molecule has 144 valence electrons. The van der Waals surface area contributed by atoms with Crippen molar-refractivity contribution in [2.75, 3.05) is 39.3 Å². The van der Waals surface area contributed by atoms with Crippen LogP contribution >= 0.6 is 24.8 Å². The summed E-state index contributed by atoms with van der Waals surface area (Å²) in [7, 11) is 0. The van der Waals surface area contributed by atoms with Crippen LogP contribution < -0.4 is 10.6 Å². The predicted octanol–water partition coefficient (Wildman–Crippen LogP) is 2.61. The molecular formula is C15H28Cl2F3N3O. The van der Waals surface area contributed by atoms with E-state index in [1.54, 1.807) is 0 Å².